The van der Waals surface area contributed by atoms with Crippen LogP contribution in [-0.2, 0) is 13.0 Å². The quantitative estimate of drug-likeness (QED) is 0.798. The van der Waals surface area contributed by atoms with Crippen molar-refractivity contribution in [2.24, 2.45) is 0 Å². The molecule has 2 atom stereocenters. The molecule has 0 radical (unpaired) electrons. The van der Waals surface area contributed by atoms with Gasteiger partial charge in [-0.15, -0.1) is 0 Å². The molecule has 2 aromatic rings. The van der Waals surface area contributed by atoms with Crippen LogP contribution >= 0.6 is 0 Å². The number of benzene rings is 2. The molecule has 2 unspecified atom stereocenters. The number of ether oxygens (including phenoxy) is 2. The highest BCUT2D eigenvalue weighted by Crippen LogP contribution is 2.47. The van der Waals surface area contributed by atoms with Gasteiger partial charge in [0.05, 0.1) is 14.2 Å². The molecule has 0 saturated carbocycles. The first kappa shape index (κ1) is 17.4. The molecule has 4 rings (SSSR count). The number of hydrogen-bond acceptors (Lipinski definition) is 3. The smallest absolute Gasteiger partial charge is 0.161 e. The summed E-state index contributed by atoms with van der Waals surface area (Å²) in [6.45, 7) is 6.72. The Bertz CT molecular complexity index is 814. The fraction of sp³-hybridized carbons (Fsp3) is 0.478. The van der Waals surface area contributed by atoms with Crippen LogP contribution in [0, 0.1) is 6.92 Å². The molecule has 0 aromatic heterocycles. The molecule has 0 fully saturated rings. The summed E-state index contributed by atoms with van der Waals surface area (Å²) in [5, 5.41) is 0. The van der Waals surface area contributed by atoms with Crippen molar-refractivity contribution in [3.63, 3.8) is 0 Å². The van der Waals surface area contributed by atoms with Crippen molar-refractivity contribution in [2.45, 2.75) is 51.6 Å². The summed E-state index contributed by atoms with van der Waals surface area (Å²) in [5.74, 6) is 2.11. The Hall–Kier alpha value is -2.00. The molecule has 138 valence electrons. The number of hydrogen-bond donors (Lipinski definition) is 0. The van der Waals surface area contributed by atoms with Crippen LogP contribution in [0.5, 0.6) is 11.5 Å². The average Bonchev–Trinajstić information content (AvgIpc) is 2.66. The molecule has 0 spiro atoms. The van der Waals surface area contributed by atoms with Gasteiger partial charge in [0.2, 0.25) is 0 Å². The van der Waals surface area contributed by atoms with E-state index >= 15 is 0 Å². The van der Waals surface area contributed by atoms with Crippen LogP contribution < -0.4 is 9.47 Å². The van der Waals surface area contributed by atoms with Crippen molar-refractivity contribution in [2.75, 3.05) is 20.8 Å². The molecular formula is C23H29NO2. The first-order valence-corrected chi connectivity index (χ1v) is 9.74. The Morgan fingerprint density at radius 3 is 2.50 bits per heavy atom. The van der Waals surface area contributed by atoms with Gasteiger partial charge in [-0.3, -0.25) is 4.90 Å². The lowest BCUT2D eigenvalue weighted by molar-refractivity contribution is 0.141. The van der Waals surface area contributed by atoms with Gasteiger partial charge in [0.25, 0.3) is 0 Å². The van der Waals surface area contributed by atoms with Gasteiger partial charge >= 0.3 is 0 Å². The Kier molecular flexibility index (Phi) is 4.66. The van der Waals surface area contributed by atoms with Crippen LogP contribution in [0.2, 0.25) is 0 Å². The normalized spacial score (nSPS) is 21.5. The Morgan fingerprint density at radius 2 is 1.77 bits per heavy atom. The molecule has 0 bridgehead atoms. The van der Waals surface area contributed by atoms with Crippen LogP contribution in [-0.4, -0.2) is 31.7 Å². The van der Waals surface area contributed by atoms with Crippen molar-refractivity contribution >= 4 is 0 Å². The first-order valence-electron chi connectivity index (χ1n) is 9.74. The van der Waals surface area contributed by atoms with Crippen molar-refractivity contribution in [3.8, 4) is 11.5 Å². The molecule has 3 nitrogen and oxygen atoms in total. The zero-order valence-electron chi connectivity index (χ0n) is 16.3. The maximum absolute atomic E-state index is 5.62. The van der Waals surface area contributed by atoms with Crippen molar-refractivity contribution in [3.05, 3.63) is 58.1 Å². The van der Waals surface area contributed by atoms with E-state index in [0.29, 0.717) is 12.0 Å². The second-order valence-corrected chi connectivity index (χ2v) is 7.66. The van der Waals surface area contributed by atoms with Crippen molar-refractivity contribution in [1.82, 2.24) is 4.90 Å². The average molecular weight is 351 g/mol. The molecule has 0 amide bonds. The van der Waals surface area contributed by atoms with Gasteiger partial charge < -0.3 is 9.47 Å². The molecule has 0 N–H and O–H groups in total. The maximum Gasteiger partial charge on any atom is 0.161 e. The maximum atomic E-state index is 5.62. The summed E-state index contributed by atoms with van der Waals surface area (Å²) in [5.41, 5.74) is 7.17. The van der Waals surface area contributed by atoms with Crippen molar-refractivity contribution in [1.29, 1.82) is 0 Å². The van der Waals surface area contributed by atoms with Gasteiger partial charge in [0.15, 0.2) is 11.5 Å². The first-order chi connectivity index (χ1) is 12.7. The van der Waals surface area contributed by atoms with Crippen LogP contribution in [0.3, 0.4) is 0 Å². The predicted molar refractivity (Wildman–Crippen MR) is 105 cm³/mol. The standard InChI is InChI=1S/C23H29NO2/c1-5-10-24-14-17-11-15(2)6-8-18(17)23-19-13-22(26-4)21(25-3)12-16(19)7-9-20(23)24/h6,8,11-13,20,23H,5,7,9-10,14H2,1-4H3. The number of fused-ring (bicyclic) bond motifs is 5. The van der Waals surface area contributed by atoms with Crippen LogP contribution in [0.4, 0.5) is 0 Å². The molecule has 2 aliphatic rings. The third-order valence-corrected chi connectivity index (χ3v) is 6.06. The third kappa shape index (κ3) is 2.79. The molecule has 26 heavy (non-hydrogen) atoms. The van der Waals surface area contributed by atoms with E-state index in [1.54, 1.807) is 14.2 Å². The molecular weight excluding hydrogens is 322 g/mol. The Morgan fingerprint density at radius 1 is 1.00 bits per heavy atom. The highest BCUT2D eigenvalue weighted by Gasteiger charge is 2.39. The van der Waals surface area contributed by atoms with Crippen LogP contribution in [0.1, 0.15) is 53.5 Å². The molecule has 0 saturated heterocycles. The number of aryl methyl sites for hydroxylation is 2. The van der Waals surface area contributed by atoms with Crippen LogP contribution in [0.15, 0.2) is 30.3 Å². The van der Waals surface area contributed by atoms with E-state index in [9.17, 15) is 0 Å². The lowest BCUT2D eigenvalue weighted by Gasteiger charge is -2.46. The molecule has 3 heteroatoms. The zero-order valence-corrected chi connectivity index (χ0v) is 16.3. The summed E-state index contributed by atoms with van der Waals surface area (Å²) >= 11 is 0. The SMILES string of the molecule is CCCN1Cc2cc(C)ccc2C2c3cc(OC)c(OC)cc3CCC21. The van der Waals surface area contributed by atoms with E-state index < -0.39 is 0 Å². The Labute approximate surface area is 156 Å². The lowest BCUT2D eigenvalue weighted by Crippen LogP contribution is -2.46. The second-order valence-electron chi connectivity index (χ2n) is 7.66. The lowest BCUT2D eigenvalue weighted by atomic mass is 9.71. The number of methoxy groups -OCH3 is 2. The van der Waals surface area contributed by atoms with Gasteiger partial charge in [-0.25, -0.2) is 0 Å². The van der Waals surface area contributed by atoms with Gasteiger partial charge in [-0.1, -0.05) is 30.7 Å². The molecule has 1 heterocycles. The van der Waals surface area contributed by atoms with E-state index in [1.807, 2.05) is 0 Å². The molecule has 1 aliphatic heterocycles. The highest BCUT2D eigenvalue weighted by molar-refractivity contribution is 5.54. The molecule has 2 aromatic carbocycles. The predicted octanol–water partition coefficient (Wildman–Crippen LogP) is 4.68. The largest absolute Gasteiger partial charge is 0.493 e. The van der Waals surface area contributed by atoms with E-state index in [2.05, 4.69) is 49.1 Å². The van der Waals surface area contributed by atoms with Crippen LogP contribution in [0.25, 0.3) is 0 Å². The van der Waals surface area contributed by atoms with Crippen molar-refractivity contribution < 1.29 is 9.47 Å². The van der Waals surface area contributed by atoms with Gasteiger partial charge in [0, 0.05) is 18.5 Å². The zero-order chi connectivity index (χ0) is 18.3. The van der Waals surface area contributed by atoms with E-state index in [4.69, 9.17) is 9.47 Å². The fourth-order valence-corrected chi connectivity index (χ4v) is 4.93. The highest BCUT2D eigenvalue weighted by atomic mass is 16.5. The summed E-state index contributed by atoms with van der Waals surface area (Å²) in [6.07, 6.45) is 3.52. The summed E-state index contributed by atoms with van der Waals surface area (Å²) in [6, 6.07) is 12.0. The second kappa shape index (κ2) is 6.96. The van der Waals surface area contributed by atoms with E-state index in [0.717, 1.165) is 31.0 Å². The summed E-state index contributed by atoms with van der Waals surface area (Å²) < 4.78 is 11.2. The summed E-state index contributed by atoms with van der Waals surface area (Å²) in [4.78, 5) is 2.70. The van der Waals surface area contributed by atoms with E-state index in [1.165, 1.54) is 40.7 Å². The number of rotatable bonds is 4. The topological polar surface area (TPSA) is 21.7 Å². The van der Waals surface area contributed by atoms with Gasteiger partial charge in [-0.05, 0) is 67.1 Å². The van der Waals surface area contributed by atoms with Gasteiger partial charge in [0.1, 0.15) is 0 Å². The number of nitrogens with zero attached hydrogens (tertiary/aromatic N) is 1. The monoisotopic (exact) mass is 351 g/mol. The molecule has 1 aliphatic carbocycles. The minimum Gasteiger partial charge on any atom is -0.493 e. The minimum absolute atomic E-state index is 0.425. The van der Waals surface area contributed by atoms with Gasteiger partial charge in [-0.2, -0.15) is 0 Å². The fourth-order valence-electron chi connectivity index (χ4n) is 4.93. The minimum atomic E-state index is 0.425. The Balaban J connectivity index is 1.88. The third-order valence-electron chi connectivity index (χ3n) is 6.06. The van der Waals surface area contributed by atoms with E-state index in [-0.39, 0.29) is 0 Å². The summed E-state index contributed by atoms with van der Waals surface area (Å²) in [7, 11) is 3.45.